The molecule has 2 heterocycles. The molecule has 17 heavy (non-hydrogen) atoms. The molecule has 2 aromatic heterocycles. The third-order valence-electron chi connectivity index (χ3n) is 2.67. The topological polar surface area (TPSA) is 73.8 Å². The van der Waals surface area contributed by atoms with E-state index in [0.29, 0.717) is 16.9 Å². The van der Waals surface area contributed by atoms with Crippen LogP contribution in [-0.4, -0.2) is 14.5 Å². The molecule has 0 unspecified atom stereocenters. The molecule has 2 aromatic rings. The first-order valence-electron chi connectivity index (χ1n) is 5.45. The molecule has 0 amide bonds. The van der Waals surface area contributed by atoms with E-state index in [9.17, 15) is 4.79 Å². The number of rotatable bonds is 0. The Morgan fingerprint density at radius 3 is 2.59 bits per heavy atom. The highest BCUT2D eigenvalue weighted by molar-refractivity contribution is 5.79. The fourth-order valence-electron chi connectivity index (χ4n) is 1.80. The normalized spacial score (nSPS) is 12.0. The van der Waals surface area contributed by atoms with E-state index in [-0.39, 0.29) is 11.1 Å². The zero-order valence-corrected chi connectivity index (χ0v) is 10.5. The molecule has 90 valence electrons. The van der Waals surface area contributed by atoms with Gasteiger partial charge >= 0.3 is 0 Å². The Kier molecular flexibility index (Phi) is 2.41. The first-order valence-corrected chi connectivity index (χ1v) is 5.45. The maximum Gasteiger partial charge on any atom is 0.263 e. The molecule has 0 aliphatic carbocycles. The minimum Gasteiger partial charge on any atom is -0.384 e. The van der Waals surface area contributed by atoms with Crippen molar-refractivity contribution in [2.75, 3.05) is 5.73 Å². The fraction of sp³-hybridized carbons (Fsp3) is 0.417. The van der Waals surface area contributed by atoms with Gasteiger partial charge in [-0.05, 0) is 39.3 Å². The predicted octanol–water partition coefficient (Wildman–Crippen LogP) is 1.44. The standard InChI is InChI=1S/C12H16N4O/c1-7-5-8(13)15-10-9(7)11(17)16(6-14-10)12(2,3)4/h5-6H,1-4H3,(H2,13,15). The SMILES string of the molecule is Cc1cc(N)nc2ncn(C(C)(C)C)c(=O)c12. The molecule has 0 fully saturated rings. The Balaban J connectivity index is 2.90. The molecule has 0 aliphatic rings. The van der Waals surface area contributed by atoms with Crippen molar-refractivity contribution in [2.24, 2.45) is 0 Å². The van der Waals surface area contributed by atoms with E-state index in [1.54, 1.807) is 10.6 Å². The smallest absolute Gasteiger partial charge is 0.263 e. The molecule has 5 nitrogen and oxygen atoms in total. The third kappa shape index (κ3) is 1.88. The molecule has 0 saturated carbocycles. The zero-order valence-electron chi connectivity index (χ0n) is 10.5. The number of fused-ring (bicyclic) bond motifs is 1. The van der Waals surface area contributed by atoms with Crippen molar-refractivity contribution in [1.29, 1.82) is 0 Å². The number of nitrogens with two attached hydrogens (primary N) is 1. The van der Waals surface area contributed by atoms with Gasteiger partial charge in [-0.15, -0.1) is 0 Å². The van der Waals surface area contributed by atoms with Crippen molar-refractivity contribution < 1.29 is 0 Å². The highest BCUT2D eigenvalue weighted by atomic mass is 16.1. The van der Waals surface area contributed by atoms with E-state index in [4.69, 9.17) is 5.73 Å². The van der Waals surface area contributed by atoms with Gasteiger partial charge in [0.05, 0.1) is 5.39 Å². The van der Waals surface area contributed by atoms with Crippen LogP contribution in [-0.2, 0) is 5.54 Å². The van der Waals surface area contributed by atoms with Gasteiger partial charge in [0.2, 0.25) is 0 Å². The Hall–Kier alpha value is -1.91. The highest BCUT2D eigenvalue weighted by Gasteiger charge is 2.17. The van der Waals surface area contributed by atoms with E-state index in [1.165, 1.54) is 6.33 Å². The summed E-state index contributed by atoms with van der Waals surface area (Å²) >= 11 is 0. The number of aromatic nitrogens is 3. The van der Waals surface area contributed by atoms with Crippen molar-refractivity contribution in [3.63, 3.8) is 0 Å². The summed E-state index contributed by atoms with van der Waals surface area (Å²) in [6.45, 7) is 7.72. The van der Waals surface area contributed by atoms with Gasteiger partial charge < -0.3 is 5.73 Å². The van der Waals surface area contributed by atoms with Crippen LogP contribution in [0.4, 0.5) is 5.82 Å². The molecule has 0 atom stereocenters. The van der Waals surface area contributed by atoms with Gasteiger partial charge in [0.15, 0.2) is 5.65 Å². The average Bonchev–Trinajstić information content (AvgIpc) is 2.14. The van der Waals surface area contributed by atoms with E-state index < -0.39 is 0 Å². The molecule has 2 N–H and O–H groups in total. The predicted molar refractivity (Wildman–Crippen MR) is 67.9 cm³/mol. The monoisotopic (exact) mass is 232 g/mol. The third-order valence-corrected chi connectivity index (χ3v) is 2.67. The lowest BCUT2D eigenvalue weighted by Gasteiger charge is -2.22. The molecular weight excluding hydrogens is 216 g/mol. The molecular formula is C12H16N4O. The van der Waals surface area contributed by atoms with Crippen molar-refractivity contribution in [2.45, 2.75) is 33.2 Å². The quantitative estimate of drug-likeness (QED) is 0.745. The van der Waals surface area contributed by atoms with Gasteiger partial charge in [0.1, 0.15) is 12.1 Å². The fourth-order valence-corrected chi connectivity index (χ4v) is 1.80. The average molecular weight is 232 g/mol. The van der Waals surface area contributed by atoms with Crippen LogP contribution in [0.15, 0.2) is 17.2 Å². The summed E-state index contributed by atoms with van der Waals surface area (Å²) in [7, 11) is 0. The summed E-state index contributed by atoms with van der Waals surface area (Å²) in [5.74, 6) is 0.385. The Morgan fingerprint density at radius 2 is 2.00 bits per heavy atom. The Morgan fingerprint density at radius 1 is 1.35 bits per heavy atom. The lowest BCUT2D eigenvalue weighted by atomic mass is 10.1. The van der Waals surface area contributed by atoms with Gasteiger partial charge in [0, 0.05) is 5.54 Å². The number of pyridine rings is 1. The summed E-state index contributed by atoms with van der Waals surface area (Å²) in [5.41, 5.74) is 6.48. The van der Waals surface area contributed by atoms with Gasteiger partial charge in [-0.1, -0.05) is 0 Å². The van der Waals surface area contributed by atoms with Crippen molar-refractivity contribution in [1.82, 2.24) is 14.5 Å². The molecule has 2 rings (SSSR count). The summed E-state index contributed by atoms with van der Waals surface area (Å²) < 4.78 is 1.61. The van der Waals surface area contributed by atoms with Crippen molar-refractivity contribution in [3.05, 3.63) is 28.3 Å². The summed E-state index contributed by atoms with van der Waals surface area (Å²) in [4.78, 5) is 20.6. The molecule has 5 heteroatoms. The number of aryl methyl sites for hydroxylation is 1. The number of hydrogen-bond acceptors (Lipinski definition) is 4. The van der Waals surface area contributed by atoms with Gasteiger partial charge in [0.25, 0.3) is 5.56 Å². The molecule has 0 radical (unpaired) electrons. The zero-order chi connectivity index (χ0) is 12.8. The first kappa shape index (κ1) is 11.6. The summed E-state index contributed by atoms with van der Waals surface area (Å²) in [6, 6.07) is 1.69. The van der Waals surface area contributed by atoms with Crippen molar-refractivity contribution in [3.8, 4) is 0 Å². The number of hydrogen-bond donors (Lipinski definition) is 1. The number of nitrogen functional groups attached to an aromatic ring is 1. The second-order valence-corrected chi connectivity index (χ2v) is 5.15. The van der Waals surface area contributed by atoms with Crippen LogP contribution in [0.2, 0.25) is 0 Å². The van der Waals surface area contributed by atoms with E-state index in [1.807, 2.05) is 27.7 Å². The lowest BCUT2D eigenvalue weighted by Crippen LogP contribution is -2.34. The Labute approximate surface area is 99.3 Å². The maximum atomic E-state index is 12.3. The molecule has 0 bridgehead atoms. The van der Waals surface area contributed by atoms with Crippen LogP contribution in [0.1, 0.15) is 26.3 Å². The van der Waals surface area contributed by atoms with Gasteiger partial charge in [-0.25, -0.2) is 9.97 Å². The molecule has 0 aromatic carbocycles. The van der Waals surface area contributed by atoms with Crippen LogP contribution in [0.3, 0.4) is 0 Å². The molecule has 0 aliphatic heterocycles. The van der Waals surface area contributed by atoms with Crippen LogP contribution in [0.5, 0.6) is 0 Å². The highest BCUT2D eigenvalue weighted by Crippen LogP contribution is 2.16. The van der Waals surface area contributed by atoms with Gasteiger partial charge in [-0.3, -0.25) is 9.36 Å². The second kappa shape index (κ2) is 3.55. The first-order chi connectivity index (χ1) is 7.80. The maximum absolute atomic E-state index is 12.3. The molecule has 0 saturated heterocycles. The Bertz CT molecular complexity index is 637. The van der Waals surface area contributed by atoms with Crippen LogP contribution < -0.4 is 11.3 Å². The summed E-state index contributed by atoms with van der Waals surface area (Å²) in [6.07, 6.45) is 1.52. The van der Waals surface area contributed by atoms with E-state index in [0.717, 1.165) is 5.56 Å². The minimum atomic E-state index is -0.300. The van der Waals surface area contributed by atoms with Crippen LogP contribution in [0, 0.1) is 6.92 Å². The second-order valence-electron chi connectivity index (χ2n) is 5.15. The lowest BCUT2D eigenvalue weighted by molar-refractivity contribution is 0.381. The summed E-state index contributed by atoms with van der Waals surface area (Å²) in [5, 5.41) is 0.539. The largest absolute Gasteiger partial charge is 0.384 e. The van der Waals surface area contributed by atoms with E-state index in [2.05, 4.69) is 9.97 Å². The van der Waals surface area contributed by atoms with Crippen LogP contribution in [0.25, 0.3) is 11.0 Å². The van der Waals surface area contributed by atoms with Gasteiger partial charge in [-0.2, -0.15) is 0 Å². The van der Waals surface area contributed by atoms with Crippen molar-refractivity contribution >= 4 is 16.9 Å². The van der Waals surface area contributed by atoms with Crippen LogP contribution >= 0.6 is 0 Å². The minimum absolute atomic E-state index is 0.0764. The number of nitrogens with zero attached hydrogens (tertiary/aromatic N) is 3. The number of anilines is 1. The van der Waals surface area contributed by atoms with E-state index >= 15 is 0 Å². The molecule has 0 spiro atoms.